The molecule has 0 aliphatic carbocycles. The molecule has 0 spiro atoms. The summed E-state index contributed by atoms with van der Waals surface area (Å²) in [5.74, 6) is 0.571. The molecule has 0 amide bonds. The van der Waals surface area contributed by atoms with E-state index in [2.05, 4.69) is 55.0 Å². The van der Waals surface area contributed by atoms with E-state index < -0.39 is 0 Å². The molecule has 0 saturated carbocycles. The van der Waals surface area contributed by atoms with E-state index in [-0.39, 0.29) is 11.4 Å². The Hall–Kier alpha value is -2.70. The van der Waals surface area contributed by atoms with Crippen molar-refractivity contribution in [2.75, 3.05) is 0 Å². The zero-order chi connectivity index (χ0) is 21.9. The van der Waals surface area contributed by atoms with Crippen molar-refractivity contribution in [1.82, 2.24) is 9.55 Å². The smallest absolute Gasteiger partial charge is 0.230 e. The summed E-state index contributed by atoms with van der Waals surface area (Å²) in [5, 5.41) is 24.2. The highest BCUT2D eigenvalue weighted by atomic mass is 35.5. The van der Waals surface area contributed by atoms with E-state index in [0.717, 1.165) is 34.1 Å². The second kappa shape index (κ2) is 7.18. The lowest BCUT2D eigenvalue weighted by molar-refractivity contribution is 0.267. The topological polar surface area (TPSA) is 62.8 Å². The van der Waals surface area contributed by atoms with Crippen molar-refractivity contribution in [1.29, 1.82) is 0 Å². The van der Waals surface area contributed by atoms with E-state index >= 15 is 0 Å². The van der Waals surface area contributed by atoms with Crippen LogP contribution in [0.3, 0.4) is 0 Å². The van der Waals surface area contributed by atoms with E-state index in [0.29, 0.717) is 21.8 Å². The highest BCUT2D eigenvalue weighted by Crippen LogP contribution is 2.51. The quantitative estimate of drug-likeness (QED) is 0.320. The fourth-order valence-electron chi connectivity index (χ4n) is 4.79. The van der Waals surface area contributed by atoms with Crippen molar-refractivity contribution in [3.63, 3.8) is 0 Å². The third-order valence-electron chi connectivity index (χ3n) is 6.09. The molecule has 1 unspecified atom stereocenters. The van der Waals surface area contributed by atoms with Gasteiger partial charge in [-0.15, -0.1) is 21.6 Å². The first-order valence-electron chi connectivity index (χ1n) is 10.3. The molecule has 1 aliphatic rings. The number of aromatic hydroxyl groups is 1. The standard InChI is InChI=1S/C24H23ClN4OS/c1-13-8-9-17-14(2)11-24(3,4)29-21(17)19(13)20(22(29)30)27-28-23-26-18(12-31-23)15-6-5-7-16(25)10-15/h5-10,12,14,30H,11H2,1-4H3. The van der Waals surface area contributed by atoms with Crippen LogP contribution in [-0.2, 0) is 5.54 Å². The molecule has 7 heteroatoms. The molecule has 2 aromatic heterocycles. The van der Waals surface area contributed by atoms with E-state index in [4.69, 9.17) is 11.6 Å². The van der Waals surface area contributed by atoms with Crippen molar-refractivity contribution >= 4 is 44.7 Å². The maximum absolute atomic E-state index is 11.2. The number of aryl methyl sites for hydroxylation is 1. The zero-order valence-corrected chi connectivity index (χ0v) is 19.4. The predicted molar refractivity (Wildman–Crippen MR) is 127 cm³/mol. The van der Waals surface area contributed by atoms with Crippen molar-refractivity contribution in [2.45, 2.75) is 45.6 Å². The van der Waals surface area contributed by atoms with Gasteiger partial charge in [0.2, 0.25) is 11.0 Å². The van der Waals surface area contributed by atoms with Gasteiger partial charge in [0.15, 0.2) is 5.69 Å². The number of rotatable bonds is 3. The Morgan fingerprint density at radius 1 is 1.23 bits per heavy atom. The van der Waals surface area contributed by atoms with Crippen LogP contribution in [0.25, 0.3) is 22.2 Å². The second-order valence-corrected chi connectivity index (χ2v) is 10.1. The van der Waals surface area contributed by atoms with Crippen LogP contribution in [0, 0.1) is 6.92 Å². The minimum atomic E-state index is -0.211. The Kier molecular flexibility index (Phi) is 4.68. The molecule has 5 nitrogen and oxygen atoms in total. The van der Waals surface area contributed by atoms with E-state index in [1.165, 1.54) is 16.9 Å². The Bertz CT molecular complexity index is 1350. The molecule has 5 rings (SSSR count). The minimum absolute atomic E-state index is 0.165. The number of aromatic nitrogens is 2. The van der Waals surface area contributed by atoms with Gasteiger partial charge in [0.1, 0.15) is 0 Å². The molecule has 1 atom stereocenters. The first-order valence-corrected chi connectivity index (χ1v) is 11.5. The van der Waals surface area contributed by atoms with Gasteiger partial charge in [0, 0.05) is 26.9 Å². The van der Waals surface area contributed by atoms with Gasteiger partial charge < -0.3 is 9.67 Å². The molecule has 1 aliphatic heterocycles. The average molecular weight is 451 g/mol. The molecular formula is C24H23ClN4OS. The molecule has 3 heterocycles. The van der Waals surface area contributed by atoms with Gasteiger partial charge in [-0.3, -0.25) is 0 Å². The molecule has 0 radical (unpaired) electrons. The SMILES string of the molecule is Cc1ccc2c3c1c(N=Nc1nc(-c4cccc(Cl)c4)cs1)c(O)n3C(C)(C)CC2C. The molecule has 4 aromatic rings. The summed E-state index contributed by atoms with van der Waals surface area (Å²) in [6.07, 6.45) is 0.951. The van der Waals surface area contributed by atoms with E-state index in [1.54, 1.807) is 0 Å². The van der Waals surface area contributed by atoms with Gasteiger partial charge in [0.05, 0.1) is 11.2 Å². The summed E-state index contributed by atoms with van der Waals surface area (Å²) >= 11 is 7.51. The fourth-order valence-corrected chi connectivity index (χ4v) is 5.62. The Morgan fingerprint density at radius 3 is 2.81 bits per heavy atom. The second-order valence-electron chi connectivity index (χ2n) is 8.85. The van der Waals surface area contributed by atoms with Crippen LogP contribution in [0.5, 0.6) is 5.88 Å². The Morgan fingerprint density at radius 2 is 2.03 bits per heavy atom. The monoisotopic (exact) mass is 450 g/mol. The lowest BCUT2D eigenvalue weighted by atomic mass is 9.82. The van der Waals surface area contributed by atoms with Crippen molar-refractivity contribution in [2.24, 2.45) is 10.2 Å². The van der Waals surface area contributed by atoms with Crippen LogP contribution in [0.15, 0.2) is 52.0 Å². The summed E-state index contributed by atoms with van der Waals surface area (Å²) in [6.45, 7) is 8.61. The highest BCUT2D eigenvalue weighted by Gasteiger charge is 2.36. The summed E-state index contributed by atoms with van der Waals surface area (Å²) in [5.41, 5.74) is 5.42. The van der Waals surface area contributed by atoms with Crippen molar-refractivity contribution < 1.29 is 5.11 Å². The number of hydrogen-bond acceptors (Lipinski definition) is 5. The number of thiazole rings is 1. The Balaban J connectivity index is 1.61. The molecule has 1 N–H and O–H groups in total. The number of hydrogen-bond donors (Lipinski definition) is 1. The molecule has 2 aromatic carbocycles. The zero-order valence-electron chi connectivity index (χ0n) is 17.8. The van der Waals surface area contributed by atoms with Crippen LogP contribution >= 0.6 is 22.9 Å². The summed E-state index contributed by atoms with van der Waals surface area (Å²) in [6, 6.07) is 11.9. The number of azo groups is 1. The van der Waals surface area contributed by atoms with Gasteiger partial charge in [0.25, 0.3) is 0 Å². The van der Waals surface area contributed by atoms with Gasteiger partial charge in [-0.05, 0) is 56.4 Å². The third kappa shape index (κ3) is 3.25. The van der Waals surface area contributed by atoms with Crippen LogP contribution in [0.4, 0.5) is 10.8 Å². The van der Waals surface area contributed by atoms with Crippen LogP contribution in [-0.4, -0.2) is 14.7 Å². The molecule has 0 fully saturated rings. The molecule has 158 valence electrons. The molecular weight excluding hydrogens is 428 g/mol. The Labute approximate surface area is 190 Å². The lowest BCUT2D eigenvalue weighted by Gasteiger charge is -2.37. The number of nitrogens with zero attached hydrogens (tertiary/aromatic N) is 4. The van der Waals surface area contributed by atoms with Crippen LogP contribution in [0.1, 0.15) is 44.2 Å². The first-order chi connectivity index (χ1) is 14.8. The lowest BCUT2D eigenvalue weighted by Crippen LogP contribution is -2.31. The summed E-state index contributed by atoms with van der Waals surface area (Å²) in [4.78, 5) is 4.58. The third-order valence-corrected chi connectivity index (χ3v) is 7.05. The fraction of sp³-hybridized carbons (Fsp3) is 0.292. The molecule has 31 heavy (non-hydrogen) atoms. The summed E-state index contributed by atoms with van der Waals surface area (Å²) in [7, 11) is 0. The van der Waals surface area contributed by atoms with Gasteiger partial charge >= 0.3 is 0 Å². The normalized spacial score (nSPS) is 17.6. The van der Waals surface area contributed by atoms with E-state index in [1.807, 2.05) is 34.2 Å². The van der Waals surface area contributed by atoms with Gasteiger partial charge in [-0.2, -0.15) is 0 Å². The highest BCUT2D eigenvalue weighted by molar-refractivity contribution is 7.13. The minimum Gasteiger partial charge on any atom is -0.493 e. The van der Waals surface area contributed by atoms with Gasteiger partial charge in [-0.25, -0.2) is 4.98 Å². The number of benzene rings is 2. The summed E-state index contributed by atoms with van der Waals surface area (Å²) < 4.78 is 2.03. The van der Waals surface area contributed by atoms with Crippen LogP contribution in [0.2, 0.25) is 5.02 Å². The predicted octanol–water partition coefficient (Wildman–Crippen LogP) is 8.09. The number of halogens is 1. The largest absolute Gasteiger partial charge is 0.493 e. The van der Waals surface area contributed by atoms with Crippen molar-refractivity contribution in [3.8, 4) is 17.1 Å². The first kappa shape index (κ1) is 20.2. The average Bonchev–Trinajstić information content (AvgIpc) is 3.29. The molecule has 0 saturated heterocycles. The molecule has 0 bridgehead atoms. The van der Waals surface area contributed by atoms with Crippen molar-refractivity contribution in [3.05, 3.63) is 57.9 Å². The maximum atomic E-state index is 11.2. The van der Waals surface area contributed by atoms with E-state index in [9.17, 15) is 5.11 Å². The van der Waals surface area contributed by atoms with Gasteiger partial charge in [-0.1, -0.05) is 42.8 Å². The van der Waals surface area contributed by atoms with Crippen LogP contribution < -0.4 is 0 Å². The maximum Gasteiger partial charge on any atom is 0.230 e.